The van der Waals surface area contributed by atoms with Gasteiger partial charge in [0.2, 0.25) is 21.8 Å². The summed E-state index contributed by atoms with van der Waals surface area (Å²) in [6, 6.07) is 11.5. The maximum absolute atomic E-state index is 12.6. The van der Waals surface area contributed by atoms with Gasteiger partial charge < -0.3 is 15.0 Å². The van der Waals surface area contributed by atoms with Crippen molar-refractivity contribution in [1.29, 1.82) is 0 Å². The molecular formula is C20H23N3O5S. The lowest BCUT2D eigenvalue weighted by atomic mass is 10.1. The van der Waals surface area contributed by atoms with Gasteiger partial charge in [0.05, 0.1) is 23.6 Å². The molecule has 3 N–H and O–H groups in total. The molecular weight excluding hydrogens is 394 g/mol. The van der Waals surface area contributed by atoms with E-state index < -0.39 is 15.9 Å². The number of sulfonamides is 1. The first-order chi connectivity index (χ1) is 13.7. The van der Waals surface area contributed by atoms with Crippen LogP contribution in [0.1, 0.15) is 17.5 Å². The van der Waals surface area contributed by atoms with E-state index in [9.17, 15) is 18.0 Å². The first-order valence-electron chi connectivity index (χ1n) is 9.03. The molecule has 3 rings (SSSR count). The Bertz CT molecular complexity index is 1030. The number of nitrogens with zero attached hydrogens (tertiary/aromatic N) is 1. The van der Waals surface area contributed by atoms with Gasteiger partial charge in [0, 0.05) is 19.5 Å². The molecule has 0 radical (unpaired) electrons. The van der Waals surface area contributed by atoms with Crippen molar-refractivity contribution in [2.75, 3.05) is 18.6 Å². The molecule has 0 bridgehead atoms. The average molecular weight is 417 g/mol. The Balaban J connectivity index is 1.64. The van der Waals surface area contributed by atoms with Crippen LogP contribution >= 0.6 is 0 Å². The molecule has 1 saturated heterocycles. The zero-order valence-corrected chi connectivity index (χ0v) is 17.0. The number of amides is 2. The van der Waals surface area contributed by atoms with Gasteiger partial charge >= 0.3 is 0 Å². The Labute approximate surface area is 169 Å². The molecule has 0 saturated carbocycles. The Morgan fingerprint density at radius 2 is 1.93 bits per heavy atom. The van der Waals surface area contributed by atoms with Crippen molar-refractivity contribution in [1.82, 2.24) is 5.32 Å². The van der Waals surface area contributed by atoms with E-state index in [1.165, 1.54) is 12.1 Å². The lowest BCUT2D eigenvalue weighted by Gasteiger charge is -2.20. The number of hydrogen-bond donors (Lipinski definition) is 2. The largest absolute Gasteiger partial charge is 0.495 e. The molecule has 8 nitrogen and oxygen atoms in total. The number of rotatable bonds is 6. The number of nitrogens with two attached hydrogens (primary N) is 1. The van der Waals surface area contributed by atoms with Crippen molar-refractivity contribution in [2.24, 2.45) is 11.1 Å². The number of carbonyl (C=O) groups is 2. The highest BCUT2D eigenvalue weighted by molar-refractivity contribution is 7.89. The highest BCUT2D eigenvalue weighted by atomic mass is 32.2. The number of anilines is 1. The third kappa shape index (κ3) is 4.75. The summed E-state index contributed by atoms with van der Waals surface area (Å²) in [6.45, 7) is 2.42. The van der Waals surface area contributed by atoms with E-state index in [4.69, 9.17) is 9.88 Å². The summed E-state index contributed by atoms with van der Waals surface area (Å²) in [6.07, 6.45) is 0.118. The molecule has 1 aliphatic rings. The molecule has 1 fully saturated rings. The summed E-state index contributed by atoms with van der Waals surface area (Å²) in [7, 11) is -2.21. The van der Waals surface area contributed by atoms with E-state index >= 15 is 0 Å². The summed E-state index contributed by atoms with van der Waals surface area (Å²) < 4.78 is 27.9. The van der Waals surface area contributed by atoms with E-state index in [2.05, 4.69) is 5.32 Å². The number of carbonyl (C=O) groups excluding carboxylic acids is 2. The number of primary sulfonamides is 1. The second-order valence-electron chi connectivity index (χ2n) is 6.99. The van der Waals surface area contributed by atoms with Crippen LogP contribution in [-0.2, 0) is 26.2 Å². The van der Waals surface area contributed by atoms with Crippen LogP contribution in [0.3, 0.4) is 0 Å². The monoisotopic (exact) mass is 417 g/mol. The molecule has 1 atom stereocenters. The SMILES string of the molecule is COc1ccc(C)cc1N1CC(C(=O)NCc2ccc(S(N)(=O)=O)cc2)CC1=O. The second-order valence-corrected chi connectivity index (χ2v) is 8.55. The number of nitrogens with one attached hydrogen (secondary N) is 1. The van der Waals surface area contributed by atoms with Crippen LogP contribution in [0.15, 0.2) is 47.4 Å². The maximum atomic E-state index is 12.6. The van der Waals surface area contributed by atoms with Gasteiger partial charge in [0.15, 0.2) is 0 Å². The van der Waals surface area contributed by atoms with E-state index in [0.29, 0.717) is 11.4 Å². The van der Waals surface area contributed by atoms with Crippen LogP contribution in [0.2, 0.25) is 0 Å². The topological polar surface area (TPSA) is 119 Å². The van der Waals surface area contributed by atoms with Crippen molar-refractivity contribution in [3.05, 3.63) is 53.6 Å². The number of hydrogen-bond acceptors (Lipinski definition) is 5. The standard InChI is InChI=1S/C20H23N3O5S/c1-13-3-8-18(28-2)17(9-13)23-12-15(10-19(23)24)20(25)22-11-14-4-6-16(7-5-14)29(21,26)27/h3-9,15H,10-12H2,1-2H3,(H,22,25)(H2,21,26,27). The number of aryl methyl sites for hydroxylation is 1. The summed E-state index contributed by atoms with van der Waals surface area (Å²) in [5.41, 5.74) is 2.38. The average Bonchev–Trinajstić information content (AvgIpc) is 3.07. The fourth-order valence-corrected chi connectivity index (χ4v) is 3.77. The zero-order valence-electron chi connectivity index (χ0n) is 16.2. The van der Waals surface area contributed by atoms with Crippen molar-refractivity contribution >= 4 is 27.5 Å². The van der Waals surface area contributed by atoms with Crippen molar-refractivity contribution < 1.29 is 22.7 Å². The summed E-state index contributed by atoms with van der Waals surface area (Å²) in [4.78, 5) is 26.6. The first-order valence-corrected chi connectivity index (χ1v) is 10.6. The van der Waals surface area contributed by atoms with E-state index in [1.54, 1.807) is 30.2 Å². The lowest BCUT2D eigenvalue weighted by Crippen LogP contribution is -2.32. The van der Waals surface area contributed by atoms with Crippen LogP contribution in [0, 0.1) is 12.8 Å². The third-order valence-corrected chi connectivity index (χ3v) is 5.77. The molecule has 2 aromatic carbocycles. The van der Waals surface area contributed by atoms with Gasteiger partial charge in [-0.3, -0.25) is 9.59 Å². The third-order valence-electron chi connectivity index (χ3n) is 4.84. The van der Waals surface area contributed by atoms with E-state index in [1.807, 2.05) is 19.1 Å². The Morgan fingerprint density at radius 3 is 2.55 bits per heavy atom. The number of ether oxygens (including phenoxy) is 1. The van der Waals surface area contributed by atoms with E-state index in [-0.39, 0.29) is 36.2 Å². The van der Waals surface area contributed by atoms with Gasteiger partial charge in [-0.2, -0.15) is 0 Å². The fourth-order valence-electron chi connectivity index (χ4n) is 3.26. The Morgan fingerprint density at radius 1 is 1.24 bits per heavy atom. The molecule has 1 aliphatic heterocycles. The minimum atomic E-state index is -3.75. The molecule has 9 heteroatoms. The first kappa shape index (κ1) is 20.8. The smallest absolute Gasteiger partial charge is 0.238 e. The molecule has 1 unspecified atom stereocenters. The summed E-state index contributed by atoms with van der Waals surface area (Å²) in [5.74, 6) is -0.258. The zero-order chi connectivity index (χ0) is 21.2. The minimum Gasteiger partial charge on any atom is -0.495 e. The highest BCUT2D eigenvalue weighted by Gasteiger charge is 2.36. The minimum absolute atomic E-state index is 0.0108. The number of methoxy groups -OCH3 is 1. The van der Waals surface area contributed by atoms with Gasteiger partial charge in [-0.25, -0.2) is 13.6 Å². The molecule has 154 valence electrons. The molecule has 0 aromatic heterocycles. The van der Waals surface area contributed by atoms with Gasteiger partial charge in [-0.1, -0.05) is 18.2 Å². The quantitative estimate of drug-likeness (QED) is 0.735. The van der Waals surface area contributed by atoms with Crippen LogP contribution in [0.4, 0.5) is 5.69 Å². The van der Waals surface area contributed by atoms with Crippen molar-refractivity contribution in [2.45, 2.75) is 24.8 Å². The molecule has 2 aromatic rings. The van der Waals surface area contributed by atoms with Crippen LogP contribution in [-0.4, -0.2) is 33.9 Å². The summed E-state index contributed by atoms with van der Waals surface area (Å²) in [5, 5.41) is 7.87. The molecule has 1 heterocycles. The van der Waals surface area contributed by atoms with Gasteiger partial charge in [0.25, 0.3) is 0 Å². The predicted octanol–water partition coefficient (Wildman–Crippen LogP) is 1.32. The molecule has 0 spiro atoms. The molecule has 2 amide bonds. The van der Waals surface area contributed by atoms with Crippen LogP contribution in [0.25, 0.3) is 0 Å². The van der Waals surface area contributed by atoms with Crippen molar-refractivity contribution in [3.8, 4) is 5.75 Å². The van der Waals surface area contributed by atoms with Crippen LogP contribution in [0.5, 0.6) is 5.75 Å². The highest BCUT2D eigenvalue weighted by Crippen LogP contribution is 2.33. The second kappa shape index (κ2) is 8.22. The summed E-state index contributed by atoms with van der Waals surface area (Å²) >= 11 is 0. The van der Waals surface area contributed by atoms with Crippen LogP contribution < -0.4 is 20.1 Å². The molecule has 0 aliphatic carbocycles. The fraction of sp³-hybridized carbons (Fsp3) is 0.300. The predicted molar refractivity (Wildman–Crippen MR) is 108 cm³/mol. The number of benzene rings is 2. The normalized spacial score (nSPS) is 16.7. The van der Waals surface area contributed by atoms with Crippen molar-refractivity contribution in [3.63, 3.8) is 0 Å². The Kier molecular flexibility index (Phi) is 5.90. The van der Waals surface area contributed by atoms with Gasteiger partial charge in [-0.15, -0.1) is 0 Å². The van der Waals surface area contributed by atoms with Gasteiger partial charge in [-0.05, 0) is 42.3 Å². The van der Waals surface area contributed by atoms with E-state index in [0.717, 1.165) is 11.1 Å². The van der Waals surface area contributed by atoms with Gasteiger partial charge in [0.1, 0.15) is 5.75 Å². The maximum Gasteiger partial charge on any atom is 0.238 e. The molecule has 29 heavy (non-hydrogen) atoms. The Hall–Kier alpha value is -2.91. The lowest BCUT2D eigenvalue weighted by molar-refractivity contribution is -0.126.